The number of carboxylic acid groups (broad SMARTS) is 1. The van der Waals surface area contributed by atoms with Crippen molar-refractivity contribution in [3.63, 3.8) is 0 Å². The average Bonchev–Trinajstić information content (AvgIpc) is 2.72. The number of hydrogen-bond acceptors (Lipinski definition) is 5. The molecule has 1 unspecified atom stereocenters. The number of aromatic amines is 1. The van der Waals surface area contributed by atoms with Crippen molar-refractivity contribution in [2.24, 2.45) is 0 Å². The minimum atomic E-state index is -1.44. The van der Waals surface area contributed by atoms with Crippen molar-refractivity contribution in [2.45, 2.75) is 24.4 Å². The Balaban J connectivity index is 2.27. The number of carboxylic acids is 1. The Morgan fingerprint density at radius 1 is 1.62 bits per heavy atom. The van der Waals surface area contributed by atoms with Gasteiger partial charge in [0.05, 0.1) is 5.41 Å². The fourth-order valence-electron chi connectivity index (χ4n) is 1.36. The number of H-pyrrole nitrogens is 1. The van der Waals surface area contributed by atoms with Gasteiger partial charge in [0, 0.05) is 0 Å². The summed E-state index contributed by atoms with van der Waals surface area (Å²) in [7, 11) is 0. The van der Waals surface area contributed by atoms with E-state index < -0.39 is 17.5 Å². The molecule has 1 fully saturated rings. The number of hydrogen-bond donors (Lipinski definition) is 3. The number of nitrogens with one attached hydrogen (secondary N) is 1. The fraction of sp³-hybridized carbons (Fsp3) is 0.667. The Bertz CT molecular complexity index is 319. The van der Waals surface area contributed by atoms with Crippen molar-refractivity contribution in [2.75, 3.05) is 0 Å². The molecule has 7 heteroatoms. The zero-order valence-corrected chi connectivity index (χ0v) is 6.64. The van der Waals surface area contributed by atoms with Gasteiger partial charge in [0.15, 0.2) is 11.9 Å². The number of aliphatic carboxylic acids is 1. The molecule has 3 N–H and O–H groups in total. The summed E-state index contributed by atoms with van der Waals surface area (Å²) in [5, 5.41) is 30.9. The summed E-state index contributed by atoms with van der Waals surface area (Å²) in [6.45, 7) is 0. The molecule has 1 aromatic heterocycles. The van der Waals surface area contributed by atoms with Gasteiger partial charge in [-0.3, -0.25) is 0 Å². The van der Waals surface area contributed by atoms with E-state index in [1.807, 2.05) is 0 Å². The molecule has 0 saturated heterocycles. The van der Waals surface area contributed by atoms with E-state index in [1.54, 1.807) is 0 Å². The lowest BCUT2D eigenvalue weighted by atomic mass is 9.99. The second-order valence-corrected chi connectivity index (χ2v) is 3.13. The van der Waals surface area contributed by atoms with Gasteiger partial charge in [-0.25, -0.2) is 4.79 Å². The summed E-state index contributed by atoms with van der Waals surface area (Å²) in [6.07, 6.45) is -0.273. The third-order valence-corrected chi connectivity index (χ3v) is 2.34. The second-order valence-electron chi connectivity index (χ2n) is 3.13. The zero-order chi connectivity index (χ0) is 9.47. The van der Waals surface area contributed by atoms with Gasteiger partial charge in [-0.1, -0.05) is 5.21 Å². The second kappa shape index (κ2) is 2.49. The van der Waals surface area contributed by atoms with Crippen LogP contribution in [-0.4, -0.2) is 42.9 Å². The number of tetrazole rings is 1. The molecule has 7 nitrogen and oxygen atoms in total. The Hall–Kier alpha value is -1.50. The fourth-order valence-corrected chi connectivity index (χ4v) is 1.36. The molecule has 13 heavy (non-hydrogen) atoms. The van der Waals surface area contributed by atoms with E-state index in [1.165, 1.54) is 0 Å². The predicted octanol–water partition coefficient (Wildman–Crippen LogP) is -1.32. The van der Waals surface area contributed by atoms with Crippen LogP contribution in [-0.2, 0) is 10.2 Å². The van der Waals surface area contributed by atoms with Gasteiger partial charge >= 0.3 is 5.97 Å². The van der Waals surface area contributed by atoms with Crippen LogP contribution in [0.1, 0.15) is 18.7 Å². The van der Waals surface area contributed by atoms with Crippen LogP contribution in [0, 0.1) is 0 Å². The normalized spacial score (nSPS) is 21.0. The SMILES string of the molecule is O=C(O)C(O)C1(c2nn[nH]n2)CC1. The van der Waals surface area contributed by atoms with E-state index >= 15 is 0 Å². The number of aliphatic hydroxyl groups is 1. The van der Waals surface area contributed by atoms with Crippen molar-refractivity contribution >= 4 is 5.97 Å². The van der Waals surface area contributed by atoms with Crippen LogP contribution in [0.3, 0.4) is 0 Å². The topological polar surface area (TPSA) is 112 Å². The highest BCUT2D eigenvalue weighted by molar-refractivity contribution is 5.75. The quantitative estimate of drug-likeness (QED) is 0.537. The molecule has 70 valence electrons. The van der Waals surface area contributed by atoms with Gasteiger partial charge in [-0.05, 0) is 12.8 Å². The summed E-state index contributed by atoms with van der Waals surface area (Å²) in [5.74, 6) is -0.968. The van der Waals surface area contributed by atoms with Gasteiger partial charge in [0.25, 0.3) is 0 Å². The molecule has 1 heterocycles. The van der Waals surface area contributed by atoms with Crippen molar-refractivity contribution in [1.82, 2.24) is 20.6 Å². The average molecular weight is 184 g/mol. The summed E-state index contributed by atoms with van der Waals surface area (Å²) < 4.78 is 0. The molecule has 1 atom stereocenters. The van der Waals surface area contributed by atoms with E-state index in [0.29, 0.717) is 12.8 Å². The van der Waals surface area contributed by atoms with E-state index in [4.69, 9.17) is 5.11 Å². The van der Waals surface area contributed by atoms with Crippen molar-refractivity contribution < 1.29 is 15.0 Å². The van der Waals surface area contributed by atoms with E-state index in [9.17, 15) is 9.90 Å². The lowest BCUT2D eigenvalue weighted by Gasteiger charge is -2.13. The highest BCUT2D eigenvalue weighted by Gasteiger charge is 2.56. The monoisotopic (exact) mass is 184 g/mol. The van der Waals surface area contributed by atoms with Crippen molar-refractivity contribution in [3.8, 4) is 0 Å². The number of aliphatic hydroxyl groups excluding tert-OH is 1. The highest BCUT2D eigenvalue weighted by atomic mass is 16.4. The lowest BCUT2D eigenvalue weighted by molar-refractivity contribution is -0.148. The summed E-state index contributed by atoms with van der Waals surface area (Å²) in [6, 6.07) is 0. The first-order chi connectivity index (χ1) is 6.17. The molecule has 0 aliphatic heterocycles. The molecule has 1 aliphatic carbocycles. The largest absolute Gasteiger partial charge is 0.479 e. The van der Waals surface area contributed by atoms with Gasteiger partial charge in [-0.2, -0.15) is 5.21 Å². The zero-order valence-electron chi connectivity index (χ0n) is 6.64. The molecule has 2 rings (SSSR count). The third-order valence-electron chi connectivity index (χ3n) is 2.34. The maximum Gasteiger partial charge on any atom is 0.333 e. The lowest BCUT2D eigenvalue weighted by Crippen LogP contribution is -2.34. The van der Waals surface area contributed by atoms with Gasteiger partial charge < -0.3 is 10.2 Å². The Morgan fingerprint density at radius 2 is 2.31 bits per heavy atom. The molecule has 1 saturated carbocycles. The number of aromatic nitrogens is 4. The van der Waals surface area contributed by atoms with Crippen LogP contribution in [0.5, 0.6) is 0 Å². The Kier molecular flexibility index (Phi) is 1.56. The van der Waals surface area contributed by atoms with Crippen LogP contribution in [0.4, 0.5) is 0 Å². The third kappa shape index (κ3) is 1.08. The number of nitrogens with zero attached hydrogens (tertiary/aromatic N) is 3. The molecular weight excluding hydrogens is 176 g/mol. The Labute approximate surface area is 72.8 Å². The maximum atomic E-state index is 10.5. The summed E-state index contributed by atoms with van der Waals surface area (Å²) in [5.41, 5.74) is -0.807. The van der Waals surface area contributed by atoms with E-state index in [0.717, 1.165) is 0 Å². The molecule has 0 amide bonds. The summed E-state index contributed by atoms with van der Waals surface area (Å²) >= 11 is 0. The smallest absolute Gasteiger partial charge is 0.333 e. The first-order valence-electron chi connectivity index (χ1n) is 3.81. The first-order valence-corrected chi connectivity index (χ1v) is 3.81. The molecule has 0 bridgehead atoms. The van der Waals surface area contributed by atoms with Crippen molar-refractivity contribution in [3.05, 3.63) is 5.82 Å². The number of rotatable bonds is 3. The number of carbonyl (C=O) groups is 1. The molecular formula is C6H8N4O3. The minimum Gasteiger partial charge on any atom is -0.479 e. The Morgan fingerprint density at radius 3 is 2.69 bits per heavy atom. The van der Waals surface area contributed by atoms with Gasteiger partial charge in [0.1, 0.15) is 0 Å². The first kappa shape index (κ1) is 8.11. The van der Waals surface area contributed by atoms with Crippen molar-refractivity contribution in [1.29, 1.82) is 0 Å². The van der Waals surface area contributed by atoms with Gasteiger partial charge in [0.2, 0.25) is 0 Å². The predicted molar refractivity (Wildman–Crippen MR) is 38.7 cm³/mol. The van der Waals surface area contributed by atoms with E-state index in [-0.39, 0.29) is 5.82 Å². The van der Waals surface area contributed by atoms with Crippen LogP contribution in [0.15, 0.2) is 0 Å². The summed E-state index contributed by atoms with van der Waals surface area (Å²) in [4.78, 5) is 10.5. The standard InChI is InChI=1S/C6H8N4O3/c11-3(4(12)13)6(1-2-6)5-7-9-10-8-5/h3,11H,1-2H2,(H,12,13)(H,7,8,9,10). The maximum absolute atomic E-state index is 10.5. The van der Waals surface area contributed by atoms with Crippen LogP contribution < -0.4 is 0 Å². The molecule has 0 radical (unpaired) electrons. The molecule has 0 aromatic carbocycles. The van der Waals surface area contributed by atoms with Crippen LogP contribution >= 0.6 is 0 Å². The molecule has 0 spiro atoms. The highest BCUT2D eigenvalue weighted by Crippen LogP contribution is 2.49. The minimum absolute atomic E-state index is 0.280. The van der Waals surface area contributed by atoms with Crippen LogP contribution in [0.25, 0.3) is 0 Å². The molecule has 1 aromatic rings. The van der Waals surface area contributed by atoms with Gasteiger partial charge in [-0.15, -0.1) is 10.2 Å². The van der Waals surface area contributed by atoms with Crippen LogP contribution in [0.2, 0.25) is 0 Å². The van der Waals surface area contributed by atoms with E-state index in [2.05, 4.69) is 20.6 Å². The molecule has 1 aliphatic rings.